The van der Waals surface area contributed by atoms with Gasteiger partial charge in [0.05, 0.1) is 11.4 Å². The Morgan fingerprint density at radius 3 is 2.59 bits per heavy atom. The van der Waals surface area contributed by atoms with Crippen molar-refractivity contribution in [2.24, 2.45) is 0 Å². The molecule has 0 saturated carbocycles. The average Bonchev–Trinajstić information content (AvgIpc) is 3.33. The third kappa shape index (κ3) is 4.49. The summed E-state index contributed by atoms with van der Waals surface area (Å²) in [5.41, 5.74) is 6.86. The minimum atomic E-state index is 0.0451. The van der Waals surface area contributed by atoms with Crippen molar-refractivity contribution >= 4 is 29.1 Å². The van der Waals surface area contributed by atoms with Gasteiger partial charge >= 0.3 is 0 Å². The van der Waals surface area contributed by atoms with Gasteiger partial charge in [-0.15, -0.1) is 5.10 Å². The van der Waals surface area contributed by atoms with Gasteiger partial charge in [0.15, 0.2) is 5.78 Å². The number of aromatic nitrogens is 5. The molecule has 0 amide bonds. The van der Waals surface area contributed by atoms with E-state index in [1.54, 1.807) is 4.68 Å². The Labute approximate surface area is 196 Å². The summed E-state index contributed by atoms with van der Waals surface area (Å²) in [5, 5.41) is 13.4. The molecule has 0 N–H and O–H groups in total. The molecule has 4 rings (SSSR count). The molecule has 164 valence electrons. The largest absolute Gasteiger partial charge is 0.344 e. The van der Waals surface area contributed by atoms with E-state index in [0.29, 0.717) is 17.3 Å². The number of hydrogen-bond acceptors (Lipinski definition) is 5. The second-order valence-electron chi connectivity index (χ2n) is 7.84. The Morgan fingerprint density at radius 2 is 1.84 bits per heavy atom. The lowest BCUT2D eigenvalue weighted by Crippen LogP contribution is -2.09. The SMILES string of the molecule is Cc1ccc(-n2nnnc2SCC(=O)c2cc(C)n(Cc3ccccc3Cl)c2C)c(C)c1. The molecule has 0 aliphatic heterocycles. The molecule has 6 nitrogen and oxygen atoms in total. The summed E-state index contributed by atoms with van der Waals surface area (Å²) in [5.74, 6) is 0.297. The Hall–Kier alpha value is -2.90. The monoisotopic (exact) mass is 465 g/mol. The van der Waals surface area contributed by atoms with Crippen LogP contribution in [0.1, 0.15) is 38.4 Å². The number of rotatable bonds is 7. The van der Waals surface area contributed by atoms with Crippen LogP contribution in [0.4, 0.5) is 0 Å². The first-order valence-corrected chi connectivity index (χ1v) is 11.6. The average molecular weight is 466 g/mol. The van der Waals surface area contributed by atoms with Crippen LogP contribution in [0, 0.1) is 27.7 Å². The number of ketones is 1. The van der Waals surface area contributed by atoms with Gasteiger partial charge in [-0.25, -0.2) is 0 Å². The zero-order valence-electron chi connectivity index (χ0n) is 18.5. The molecule has 8 heteroatoms. The molecule has 0 bridgehead atoms. The lowest BCUT2D eigenvalue weighted by atomic mass is 10.1. The topological polar surface area (TPSA) is 65.6 Å². The van der Waals surface area contributed by atoms with Crippen LogP contribution in [0.3, 0.4) is 0 Å². The zero-order chi connectivity index (χ0) is 22.8. The lowest BCUT2D eigenvalue weighted by molar-refractivity contribution is 0.102. The third-order valence-corrected chi connectivity index (χ3v) is 6.80. The van der Waals surface area contributed by atoms with E-state index < -0.39 is 0 Å². The van der Waals surface area contributed by atoms with E-state index >= 15 is 0 Å². The zero-order valence-corrected chi connectivity index (χ0v) is 20.0. The standard InChI is InChI=1S/C24H24ClN5OS/c1-15-9-10-22(16(2)11-15)30-24(26-27-28-30)32-14-23(31)20-12-17(3)29(18(20)4)13-19-7-5-6-8-21(19)25/h5-12H,13-14H2,1-4H3. The highest BCUT2D eigenvalue weighted by atomic mass is 35.5. The second kappa shape index (κ2) is 9.30. The number of carbonyl (C=O) groups excluding carboxylic acids is 1. The van der Waals surface area contributed by atoms with Crippen LogP contribution < -0.4 is 0 Å². The van der Waals surface area contributed by atoms with Crippen LogP contribution in [-0.2, 0) is 6.54 Å². The number of nitrogens with zero attached hydrogens (tertiary/aromatic N) is 5. The molecule has 32 heavy (non-hydrogen) atoms. The first-order chi connectivity index (χ1) is 15.3. The van der Waals surface area contributed by atoms with Crippen molar-refractivity contribution in [3.8, 4) is 5.69 Å². The van der Waals surface area contributed by atoms with Gasteiger partial charge in [-0.2, -0.15) is 4.68 Å². The molecular weight excluding hydrogens is 442 g/mol. The fourth-order valence-corrected chi connectivity index (χ4v) is 4.76. The maximum Gasteiger partial charge on any atom is 0.214 e. The molecule has 2 aromatic carbocycles. The molecule has 0 fully saturated rings. The number of carbonyl (C=O) groups is 1. The highest BCUT2D eigenvalue weighted by Crippen LogP contribution is 2.25. The van der Waals surface area contributed by atoms with Crippen molar-refractivity contribution in [3.63, 3.8) is 0 Å². The number of halogens is 1. The van der Waals surface area contributed by atoms with Gasteiger partial charge in [-0.3, -0.25) is 4.79 Å². The summed E-state index contributed by atoms with van der Waals surface area (Å²) in [6, 6.07) is 15.8. The minimum Gasteiger partial charge on any atom is -0.344 e. The minimum absolute atomic E-state index is 0.0451. The van der Waals surface area contributed by atoms with Crippen LogP contribution in [0.25, 0.3) is 5.69 Å². The second-order valence-corrected chi connectivity index (χ2v) is 9.19. The molecule has 0 spiro atoms. The summed E-state index contributed by atoms with van der Waals surface area (Å²) in [6.45, 7) is 8.68. The van der Waals surface area contributed by atoms with Crippen LogP contribution in [0.15, 0.2) is 53.7 Å². The van der Waals surface area contributed by atoms with E-state index in [9.17, 15) is 4.79 Å². The summed E-state index contributed by atoms with van der Waals surface area (Å²) in [4.78, 5) is 13.1. The first-order valence-electron chi connectivity index (χ1n) is 10.3. The van der Waals surface area contributed by atoms with Gasteiger partial charge in [-0.1, -0.05) is 59.3 Å². The van der Waals surface area contributed by atoms with Crippen molar-refractivity contribution < 1.29 is 4.79 Å². The maximum atomic E-state index is 13.1. The van der Waals surface area contributed by atoms with Crippen LogP contribution in [-0.4, -0.2) is 36.3 Å². The number of hydrogen-bond donors (Lipinski definition) is 0. The van der Waals surface area contributed by atoms with Crippen LogP contribution >= 0.6 is 23.4 Å². The number of thioether (sulfide) groups is 1. The molecule has 2 heterocycles. The van der Waals surface area contributed by atoms with E-state index in [1.165, 1.54) is 17.3 Å². The van der Waals surface area contributed by atoms with E-state index in [0.717, 1.165) is 33.2 Å². The predicted molar refractivity (Wildman–Crippen MR) is 128 cm³/mol. The highest BCUT2D eigenvalue weighted by molar-refractivity contribution is 7.99. The Balaban J connectivity index is 1.52. The molecule has 0 radical (unpaired) electrons. The van der Waals surface area contributed by atoms with Crippen molar-refractivity contribution in [2.45, 2.75) is 39.4 Å². The van der Waals surface area contributed by atoms with Gasteiger partial charge < -0.3 is 4.57 Å². The number of benzene rings is 2. The molecule has 0 atom stereocenters. The molecular formula is C24H24ClN5OS. The fraction of sp³-hybridized carbons (Fsp3) is 0.250. The first kappa shape index (κ1) is 22.3. The number of tetrazole rings is 1. The maximum absolute atomic E-state index is 13.1. The van der Waals surface area contributed by atoms with E-state index in [4.69, 9.17) is 11.6 Å². The van der Waals surface area contributed by atoms with Crippen LogP contribution in [0.5, 0.6) is 0 Å². The Kier molecular flexibility index (Phi) is 6.48. The van der Waals surface area contributed by atoms with Crippen molar-refractivity contribution in [1.29, 1.82) is 0 Å². The highest BCUT2D eigenvalue weighted by Gasteiger charge is 2.19. The van der Waals surface area contributed by atoms with Crippen molar-refractivity contribution in [1.82, 2.24) is 24.8 Å². The van der Waals surface area contributed by atoms with E-state index in [-0.39, 0.29) is 11.5 Å². The van der Waals surface area contributed by atoms with Gasteiger partial charge in [0.2, 0.25) is 5.16 Å². The third-order valence-electron chi connectivity index (χ3n) is 5.51. The van der Waals surface area contributed by atoms with Crippen LogP contribution in [0.2, 0.25) is 5.02 Å². The van der Waals surface area contributed by atoms with Crippen molar-refractivity contribution in [3.05, 3.63) is 87.2 Å². The summed E-state index contributed by atoms with van der Waals surface area (Å²) in [6.07, 6.45) is 0. The number of Topliss-reactive ketones (excluding diaryl/α,β-unsaturated/α-hetero) is 1. The molecule has 0 unspecified atom stereocenters. The normalized spacial score (nSPS) is 11.2. The van der Waals surface area contributed by atoms with Gasteiger partial charge in [0, 0.05) is 28.5 Å². The molecule has 4 aromatic rings. The summed E-state index contributed by atoms with van der Waals surface area (Å²) >= 11 is 7.68. The molecule has 2 aromatic heterocycles. The fourth-order valence-electron chi connectivity index (χ4n) is 3.79. The Bertz CT molecular complexity index is 1290. The predicted octanol–water partition coefficient (Wildman–Crippen LogP) is 5.37. The van der Waals surface area contributed by atoms with Crippen molar-refractivity contribution in [2.75, 3.05) is 5.75 Å². The smallest absolute Gasteiger partial charge is 0.214 e. The Morgan fingerprint density at radius 1 is 1.06 bits per heavy atom. The lowest BCUT2D eigenvalue weighted by Gasteiger charge is -2.11. The van der Waals surface area contributed by atoms with E-state index in [2.05, 4.69) is 26.2 Å². The quantitative estimate of drug-likeness (QED) is 0.271. The molecule has 0 saturated heterocycles. The summed E-state index contributed by atoms with van der Waals surface area (Å²) < 4.78 is 3.81. The van der Waals surface area contributed by atoms with Gasteiger partial charge in [-0.05, 0) is 67.4 Å². The molecule has 0 aliphatic rings. The van der Waals surface area contributed by atoms with Gasteiger partial charge in [0.1, 0.15) is 0 Å². The number of aryl methyl sites for hydroxylation is 3. The molecule has 0 aliphatic carbocycles. The van der Waals surface area contributed by atoms with E-state index in [1.807, 2.05) is 70.2 Å². The summed E-state index contributed by atoms with van der Waals surface area (Å²) in [7, 11) is 0. The van der Waals surface area contributed by atoms with Gasteiger partial charge in [0.25, 0.3) is 0 Å².